The third-order valence-corrected chi connectivity index (χ3v) is 2.07. The molecular weight excluding hydrogens is 141 g/mol. The lowest BCUT2D eigenvalue weighted by Crippen LogP contribution is -2.34. The molecule has 1 fully saturated rings. The molecule has 0 unspecified atom stereocenters. The molecule has 1 atom stereocenters. The van der Waals surface area contributed by atoms with E-state index in [0.29, 0.717) is 6.04 Å². The second kappa shape index (κ2) is 2.62. The number of nitrogens with one attached hydrogen (secondary N) is 1. The molecule has 2 rings (SSSR count). The first-order chi connectivity index (χ1) is 5.36. The van der Waals surface area contributed by atoms with Crippen molar-refractivity contribution < 1.29 is 4.39 Å². The minimum absolute atomic E-state index is 0.142. The van der Waals surface area contributed by atoms with Gasteiger partial charge in [0, 0.05) is 6.04 Å². The Balaban J connectivity index is 2.23. The molecule has 1 aliphatic rings. The summed E-state index contributed by atoms with van der Waals surface area (Å²) in [4.78, 5) is 0. The fraction of sp³-hybridized carbons (Fsp3) is 0.333. The third kappa shape index (κ3) is 1.26. The van der Waals surface area contributed by atoms with Crippen LogP contribution in [0, 0.1) is 5.82 Å². The van der Waals surface area contributed by atoms with E-state index in [1.807, 2.05) is 6.07 Å². The van der Waals surface area contributed by atoms with E-state index in [-0.39, 0.29) is 5.82 Å². The Morgan fingerprint density at radius 2 is 2.27 bits per heavy atom. The van der Waals surface area contributed by atoms with E-state index in [1.165, 1.54) is 6.07 Å². The zero-order valence-electron chi connectivity index (χ0n) is 6.18. The highest BCUT2D eigenvalue weighted by atomic mass is 19.1. The number of rotatable bonds is 1. The molecule has 0 bridgehead atoms. The molecule has 11 heavy (non-hydrogen) atoms. The predicted molar refractivity (Wildman–Crippen MR) is 41.8 cm³/mol. The summed E-state index contributed by atoms with van der Waals surface area (Å²) in [7, 11) is 0. The fourth-order valence-electron chi connectivity index (χ4n) is 1.30. The van der Waals surface area contributed by atoms with Crippen LogP contribution in [-0.2, 0) is 0 Å². The summed E-state index contributed by atoms with van der Waals surface area (Å²) in [5.74, 6) is -0.142. The highest BCUT2D eigenvalue weighted by Gasteiger charge is 2.17. The van der Waals surface area contributed by atoms with Crippen molar-refractivity contribution in [3.8, 4) is 0 Å². The molecule has 1 N–H and O–H groups in total. The topological polar surface area (TPSA) is 12.0 Å². The van der Waals surface area contributed by atoms with Crippen molar-refractivity contribution in [2.24, 2.45) is 0 Å². The van der Waals surface area contributed by atoms with Crippen molar-refractivity contribution in [2.75, 3.05) is 6.54 Å². The average molecular weight is 151 g/mol. The zero-order valence-corrected chi connectivity index (χ0v) is 6.18. The summed E-state index contributed by atoms with van der Waals surface area (Å²) in [5.41, 5.74) is 1.07. The molecule has 1 nitrogen and oxygen atoms in total. The molecule has 1 aromatic rings. The van der Waals surface area contributed by atoms with Crippen LogP contribution >= 0.6 is 0 Å². The lowest BCUT2D eigenvalue weighted by molar-refractivity contribution is 0.382. The quantitative estimate of drug-likeness (QED) is 0.646. The molecule has 0 amide bonds. The highest BCUT2D eigenvalue weighted by molar-refractivity contribution is 5.21. The molecule has 1 heterocycles. The van der Waals surface area contributed by atoms with E-state index >= 15 is 0 Å². The lowest BCUT2D eigenvalue weighted by atomic mass is 9.98. The first-order valence-corrected chi connectivity index (χ1v) is 3.85. The lowest BCUT2D eigenvalue weighted by Gasteiger charge is -2.27. The third-order valence-electron chi connectivity index (χ3n) is 2.07. The molecule has 0 aliphatic carbocycles. The number of benzene rings is 1. The first kappa shape index (κ1) is 6.80. The molecule has 1 aromatic carbocycles. The van der Waals surface area contributed by atoms with E-state index in [4.69, 9.17) is 0 Å². The second-order valence-corrected chi connectivity index (χ2v) is 2.85. The van der Waals surface area contributed by atoms with Gasteiger partial charge in [-0.15, -0.1) is 0 Å². The maximum Gasteiger partial charge on any atom is 0.123 e. The highest BCUT2D eigenvalue weighted by Crippen LogP contribution is 2.22. The molecule has 2 heteroatoms. The van der Waals surface area contributed by atoms with E-state index < -0.39 is 0 Å². The molecule has 1 aliphatic heterocycles. The van der Waals surface area contributed by atoms with Crippen LogP contribution in [0.4, 0.5) is 4.39 Å². The van der Waals surface area contributed by atoms with Gasteiger partial charge in [-0.2, -0.15) is 0 Å². The summed E-state index contributed by atoms with van der Waals surface area (Å²) >= 11 is 0. The zero-order chi connectivity index (χ0) is 7.68. The van der Waals surface area contributed by atoms with Crippen LogP contribution in [0.3, 0.4) is 0 Å². The molecule has 0 aromatic heterocycles. The molecule has 0 saturated carbocycles. The van der Waals surface area contributed by atoms with Crippen LogP contribution in [0.5, 0.6) is 0 Å². The van der Waals surface area contributed by atoms with Gasteiger partial charge in [-0.1, -0.05) is 12.1 Å². The number of hydrogen-bond donors (Lipinski definition) is 1. The summed E-state index contributed by atoms with van der Waals surface area (Å²) in [5, 5.41) is 3.22. The molecular formula is C9H10FN. The van der Waals surface area contributed by atoms with Gasteiger partial charge in [-0.05, 0) is 30.7 Å². The molecule has 58 valence electrons. The normalized spacial score (nSPS) is 22.8. The van der Waals surface area contributed by atoms with Gasteiger partial charge in [0.05, 0.1) is 0 Å². The SMILES string of the molecule is Fc1cccc([C@H]2CCN2)c1. The maximum atomic E-state index is 12.7. The van der Waals surface area contributed by atoms with E-state index in [1.54, 1.807) is 12.1 Å². The van der Waals surface area contributed by atoms with Gasteiger partial charge in [-0.3, -0.25) is 0 Å². The van der Waals surface area contributed by atoms with E-state index in [2.05, 4.69) is 5.32 Å². The summed E-state index contributed by atoms with van der Waals surface area (Å²) < 4.78 is 12.7. The van der Waals surface area contributed by atoms with Gasteiger partial charge in [0.15, 0.2) is 0 Å². The van der Waals surface area contributed by atoms with E-state index in [0.717, 1.165) is 18.5 Å². The van der Waals surface area contributed by atoms with Crippen LogP contribution in [0.25, 0.3) is 0 Å². The fourth-order valence-corrected chi connectivity index (χ4v) is 1.30. The van der Waals surface area contributed by atoms with Gasteiger partial charge in [0.1, 0.15) is 5.82 Å². The second-order valence-electron chi connectivity index (χ2n) is 2.85. The van der Waals surface area contributed by atoms with Gasteiger partial charge in [0.25, 0.3) is 0 Å². The number of halogens is 1. The van der Waals surface area contributed by atoms with E-state index in [9.17, 15) is 4.39 Å². The number of hydrogen-bond acceptors (Lipinski definition) is 1. The predicted octanol–water partition coefficient (Wildman–Crippen LogP) is 1.86. The maximum absolute atomic E-state index is 12.7. The molecule has 0 radical (unpaired) electrons. The minimum Gasteiger partial charge on any atom is -0.310 e. The van der Waals surface area contributed by atoms with Crippen LogP contribution in [0.2, 0.25) is 0 Å². The van der Waals surface area contributed by atoms with Crippen LogP contribution < -0.4 is 5.32 Å². The average Bonchev–Trinajstić information content (AvgIpc) is 1.83. The Hall–Kier alpha value is -0.890. The van der Waals surface area contributed by atoms with Gasteiger partial charge in [-0.25, -0.2) is 4.39 Å². The Morgan fingerprint density at radius 3 is 2.82 bits per heavy atom. The monoisotopic (exact) mass is 151 g/mol. The largest absolute Gasteiger partial charge is 0.310 e. The minimum atomic E-state index is -0.142. The van der Waals surface area contributed by atoms with Crippen LogP contribution in [0.15, 0.2) is 24.3 Å². The van der Waals surface area contributed by atoms with Crippen molar-refractivity contribution >= 4 is 0 Å². The Morgan fingerprint density at radius 1 is 1.45 bits per heavy atom. The van der Waals surface area contributed by atoms with Crippen molar-refractivity contribution in [3.05, 3.63) is 35.6 Å². The summed E-state index contributed by atoms with van der Waals surface area (Å²) in [6, 6.07) is 7.18. The smallest absolute Gasteiger partial charge is 0.123 e. The first-order valence-electron chi connectivity index (χ1n) is 3.85. The Kier molecular flexibility index (Phi) is 1.62. The van der Waals surface area contributed by atoms with Crippen LogP contribution in [-0.4, -0.2) is 6.54 Å². The standard InChI is InChI=1S/C9H10FN/c10-8-3-1-2-7(6-8)9-4-5-11-9/h1-3,6,9,11H,4-5H2/t9-/m1/s1. The van der Waals surface area contributed by atoms with Gasteiger partial charge < -0.3 is 5.32 Å². The van der Waals surface area contributed by atoms with Gasteiger partial charge >= 0.3 is 0 Å². The van der Waals surface area contributed by atoms with Gasteiger partial charge in [0.2, 0.25) is 0 Å². The Labute approximate surface area is 65.2 Å². The Bertz CT molecular complexity index is 255. The van der Waals surface area contributed by atoms with Crippen molar-refractivity contribution in [2.45, 2.75) is 12.5 Å². The summed E-state index contributed by atoms with van der Waals surface area (Å²) in [6.07, 6.45) is 1.13. The van der Waals surface area contributed by atoms with Crippen molar-refractivity contribution in [1.29, 1.82) is 0 Å². The van der Waals surface area contributed by atoms with Crippen molar-refractivity contribution in [3.63, 3.8) is 0 Å². The molecule has 1 saturated heterocycles. The summed E-state index contributed by atoms with van der Waals surface area (Å²) in [6.45, 7) is 1.06. The van der Waals surface area contributed by atoms with Crippen LogP contribution in [0.1, 0.15) is 18.0 Å². The van der Waals surface area contributed by atoms with Crippen molar-refractivity contribution in [1.82, 2.24) is 5.32 Å². The molecule has 0 spiro atoms.